The summed E-state index contributed by atoms with van der Waals surface area (Å²) in [5.74, 6) is -0.0654. The first kappa shape index (κ1) is 10.7. The summed E-state index contributed by atoms with van der Waals surface area (Å²) in [7, 11) is 0. The van der Waals surface area contributed by atoms with Gasteiger partial charge in [-0.05, 0) is 37.1 Å². The lowest BCUT2D eigenvalue weighted by atomic mass is 9.98. The molecule has 1 aromatic rings. The molecule has 82 valence electrons. The number of esters is 1. The minimum absolute atomic E-state index is 0.0654. The van der Waals surface area contributed by atoms with Crippen LogP contribution in [0.5, 0.6) is 0 Å². The van der Waals surface area contributed by atoms with E-state index >= 15 is 0 Å². The van der Waals surface area contributed by atoms with E-state index in [2.05, 4.69) is 0 Å². The van der Waals surface area contributed by atoms with E-state index in [1.807, 2.05) is 17.5 Å². The van der Waals surface area contributed by atoms with Gasteiger partial charge in [-0.3, -0.25) is 4.79 Å². The third kappa shape index (κ3) is 3.34. The second kappa shape index (κ2) is 5.31. The molecule has 0 spiro atoms. The number of carbonyl (C=O) groups excluding carboxylic acids is 1. The highest BCUT2D eigenvalue weighted by Gasteiger charge is 2.17. The van der Waals surface area contributed by atoms with Gasteiger partial charge >= 0.3 is 5.97 Å². The number of ether oxygens (including phenoxy) is 1. The zero-order chi connectivity index (χ0) is 10.5. The van der Waals surface area contributed by atoms with Crippen LogP contribution in [0.4, 0.5) is 0 Å². The highest BCUT2D eigenvalue weighted by Crippen LogP contribution is 2.21. The number of rotatable bonds is 3. The fraction of sp³-hybridized carbons (Fsp3) is 0.583. The Labute approximate surface area is 94.3 Å². The average Bonchev–Trinajstić information content (AvgIpc) is 2.71. The Morgan fingerprint density at radius 1 is 1.40 bits per heavy atom. The van der Waals surface area contributed by atoms with Crippen LogP contribution in [0.2, 0.25) is 0 Å². The lowest BCUT2D eigenvalue weighted by Crippen LogP contribution is -2.21. The van der Waals surface area contributed by atoms with Gasteiger partial charge in [0.15, 0.2) is 0 Å². The summed E-state index contributed by atoms with van der Waals surface area (Å²) in [6.07, 6.45) is 6.43. The third-order valence-electron chi connectivity index (χ3n) is 2.75. The van der Waals surface area contributed by atoms with Crippen LogP contribution in [-0.4, -0.2) is 12.1 Å². The summed E-state index contributed by atoms with van der Waals surface area (Å²) in [5, 5.41) is 1.99. The van der Waals surface area contributed by atoms with E-state index in [1.165, 1.54) is 19.3 Å². The summed E-state index contributed by atoms with van der Waals surface area (Å²) in [6, 6.07) is 3.95. The smallest absolute Gasteiger partial charge is 0.311 e. The molecule has 1 aromatic heterocycles. The van der Waals surface area contributed by atoms with Crippen LogP contribution in [0.1, 0.15) is 37.0 Å². The molecule has 0 aliphatic heterocycles. The van der Waals surface area contributed by atoms with Crippen molar-refractivity contribution in [3.05, 3.63) is 22.4 Å². The quantitative estimate of drug-likeness (QED) is 0.737. The van der Waals surface area contributed by atoms with E-state index in [0.29, 0.717) is 6.42 Å². The zero-order valence-electron chi connectivity index (χ0n) is 8.78. The summed E-state index contributed by atoms with van der Waals surface area (Å²) >= 11 is 1.61. The second-order valence-electron chi connectivity index (χ2n) is 4.01. The van der Waals surface area contributed by atoms with Crippen LogP contribution < -0.4 is 0 Å². The van der Waals surface area contributed by atoms with Gasteiger partial charge < -0.3 is 4.74 Å². The van der Waals surface area contributed by atoms with Gasteiger partial charge in [-0.15, -0.1) is 11.3 Å². The van der Waals surface area contributed by atoms with Crippen molar-refractivity contribution in [3.8, 4) is 0 Å². The first-order chi connectivity index (χ1) is 7.34. The zero-order valence-corrected chi connectivity index (χ0v) is 9.59. The standard InChI is InChI=1S/C12H16O2S/c13-12(9-11-7-4-8-15-11)14-10-5-2-1-3-6-10/h4,7-8,10H,1-3,5-6,9H2. The topological polar surface area (TPSA) is 26.3 Å². The van der Waals surface area contributed by atoms with E-state index in [1.54, 1.807) is 11.3 Å². The Morgan fingerprint density at radius 3 is 2.87 bits per heavy atom. The Morgan fingerprint density at radius 2 is 2.20 bits per heavy atom. The minimum Gasteiger partial charge on any atom is -0.462 e. The predicted molar refractivity (Wildman–Crippen MR) is 61.0 cm³/mol. The Balaban J connectivity index is 1.76. The van der Waals surface area contributed by atoms with E-state index in [4.69, 9.17) is 4.74 Å². The van der Waals surface area contributed by atoms with Crippen molar-refractivity contribution in [2.45, 2.75) is 44.6 Å². The molecule has 0 unspecified atom stereocenters. The Kier molecular flexibility index (Phi) is 3.78. The van der Waals surface area contributed by atoms with Gasteiger partial charge in [0.25, 0.3) is 0 Å². The number of hydrogen-bond acceptors (Lipinski definition) is 3. The molecule has 1 aliphatic carbocycles. The van der Waals surface area contributed by atoms with Gasteiger partial charge in [0.1, 0.15) is 6.10 Å². The molecule has 0 bridgehead atoms. The van der Waals surface area contributed by atoms with Crippen molar-refractivity contribution in [2.24, 2.45) is 0 Å². The molecule has 1 fully saturated rings. The molecule has 3 heteroatoms. The molecular formula is C12H16O2S. The molecule has 15 heavy (non-hydrogen) atoms. The SMILES string of the molecule is O=C(Cc1cccs1)OC1CCCCC1. The molecule has 1 aliphatic rings. The van der Waals surface area contributed by atoms with Crippen molar-refractivity contribution in [1.29, 1.82) is 0 Å². The highest BCUT2D eigenvalue weighted by atomic mass is 32.1. The largest absolute Gasteiger partial charge is 0.462 e. The van der Waals surface area contributed by atoms with E-state index in [-0.39, 0.29) is 12.1 Å². The number of thiophene rings is 1. The van der Waals surface area contributed by atoms with Crippen LogP contribution in [0, 0.1) is 0 Å². The molecule has 1 heterocycles. The molecule has 2 nitrogen and oxygen atoms in total. The third-order valence-corrected chi connectivity index (χ3v) is 3.63. The van der Waals surface area contributed by atoms with Gasteiger partial charge in [-0.1, -0.05) is 12.5 Å². The first-order valence-electron chi connectivity index (χ1n) is 5.56. The van der Waals surface area contributed by atoms with E-state index in [0.717, 1.165) is 17.7 Å². The molecule has 0 atom stereocenters. The molecule has 0 radical (unpaired) electrons. The second-order valence-corrected chi connectivity index (χ2v) is 5.04. The van der Waals surface area contributed by atoms with Crippen molar-refractivity contribution in [2.75, 3.05) is 0 Å². The van der Waals surface area contributed by atoms with Gasteiger partial charge in [0.2, 0.25) is 0 Å². The van der Waals surface area contributed by atoms with E-state index in [9.17, 15) is 4.79 Å². The van der Waals surface area contributed by atoms with E-state index < -0.39 is 0 Å². The molecule has 0 saturated heterocycles. The molecule has 0 N–H and O–H groups in total. The summed E-state index contributed by atoms with van der Waals surface area (Å²) in [4.78, 5) is 12.7. The molecule has 2 rings (SSSR count). The lowest BCUT2D eigenvalue weighted by molar-refractivity contribution is -0.149. The van der Waals surface area contributed by atoms with Crippen LogP contribution in [0.25, 0.3) is 0 Å². The predicted octanol–water partition coefficient (Wildman–Crippen LogP) is 3.17. The maximum atomic E-state index is 11.6. The number of hydrogen-bond donors (Lipinski definition) is 0. The lowest BCUT2D eigenvalue weighted by Gasteiger charge is -2.21. The molecular weight excluding hydrogens is 208 g/mol. The maximum Gasteiger partial charge on any atom is 0.311 e. The average molecular weight is 224 g/mol. The minimum atomic E-state index is -0.0654. The van der Waals surface area contributed by atoms with Gasteiger partial charge in [0.05, 0.1) is 6.42 Å². The van der Waals surface area contributed by atoms with Crippen molar-refractivity contribution in [3.63, 3.8) is 0 Å². The van der Waals surface area contributed by atoms with Gasteiger partial charge in [-0.2, -0.15) is 0 Å². The summed E-state index contributed by atoms with van der Waals surface area (Å²) in [5.41, 5.74) is 0. The van der Waals surface area contributed by atoms with Crippen LogP contribution in [-0.2, 0) is 16.0 Å². The van der Waals surface area contributed by atoms with Crippen molar-refractivity contribution < 1.29 is 9.53 Å². The summed E-state index contributed by atoms with van der Waals surface area (Å²) < 4.78 is 5.43. The van der Waals surface area contributed by atoms with Gasteiger partial charge in [0, 0.05) is 4.88 Å². The highest BCUT2D eigenvalue weighted by molar-refractivity contribution is 7.10. The van der Waals surface area contributed by atoms with Gasteiger partial charge in [-0.25, -0.2) is 0 Å². The van der Waals surface area contributed by atoms with Crippen LogP contribution in [0.15, 0.2) is 17.5 Å². The Hall–Kier alpha value is -0.830. The fourth-order valence-corrected chi connectivity index (χ4v) is 2.66. The normalized spacial score (nSPS) is 17.6. The molecule has 0 amide bonds. The summed E-state index contributed by atoms with van der Waals surface area (Å²) in [6.45, 7) is 0. The monoisotopic (exact) mass is 224 g/mol. The first-order valence-corrected chi connectivity index (χ1v) is 6.44. The maximum absolute atomic E-state index is 11.6. The number of carbonyl (C=O) groups is 1. The molecule has 0 aromatic carbocycles. The molecule has 1 saturated carbocycles. The van der Waals surface area contributed by atoms with Crippen molar-refractivity contribution >= 4 is 17.3 Å². The van der Waals surface area contributed by atoms with Crippen molar-refractivity contribution in [1.82, 2.24) is 0 Å². The van der Waals surface area contributed by atoms with Crippen LogP contribution in [0.3, 0.4) is 0 Å². The Bertz CT molecular complexity index is 299. The fourth-order valence-electron chi connectivity index (χ4n) is 1.97. The van der Waals surface area contributed by atoms with Crippen LogP contribution >= 0.6 is 11.3 Å².